The highest BCUT2D eigenvalue weighted by molar-refractivity contribution is 7.92. The Morgan fingerprint density at radius 3 is 2.53 bits per heavy atom. The zero-order chi connectivity index (χ0) is 22.9. The number of ether oxygens (including phenoxy) is 1. The minimum Gasteiger partial charge on any atom is -0.476 e. The van der Waals surface area contributed by atoms with Crippen LogP contribution in [0.3, 0.4) is 0 Å². The maximum Gasteiger partial charge on any atom is 0.263 e. The van der Waals surface area contributed by atoms with E-state index in [1.807, 2.05) is 50.4 Å². The predicted octanol–water partition coefficient (Wildman–Crippen LogP) is 2.39. The first-order valence-electron chi connectivity index (χ1n) is 10.3. The van der Waals surface area contributed by atoms with Crippen LogP contribution in [0.1, 0.15) is 22.5 Å². The number of aromatic nitrogens is 2. The van der Waals surface area contributed by atoms with Crippen molar-refractivity contribution in [2.24, 2.45) is 0 Å². The van der Waals surface area contributed by atoms with Gasteiger partial charge in [-0.15, -0.1) is 0 Å². The van der Waals surface area contributed by atoms with E-state index in [2.05, 4.69) is 14.9 Å². The van der Waals surface area contributed by atoms with Crippen LogP contribution >= 0.6 is 0 Å². The minimum atomic E-state index is -3.55. The number of anilines is 1. The molecule has 1 unspecified atom stereocenters. The molecule has 0 fully saturated rings. The molecule has 1 amide bonds. The van der Waals surface area contributed by atoms with Gasteiger partial charge in [-0.25, -0.2) is 13.4 Å². The summed E-state index contributed by atoms with van der Waals surface area (Å²) in [7, 11) is -3.55. The van der Waals surface area contributed by atoms with Gasteiger partial charge in [0, 0.05) is 25.5 Å². The Labute approximate surface area is 187 Å². The summed E-state index contributed by atoms with van der Waals surface area (Å²) < 4.78 is 33.7. The summed E-state index contributed by atoms with van der Waals surface area (Å²) in [4.78, 5) is 17.0. The van der Waals surface area contributed by atoms with Crippen molar-refractivity contribution in [3.8, 4) is 5.75 Å². The fourth-order valence-corrected chi connectivity index (χ4v) is 4.55. The molecule has 0 bridgehead atoms. The van der Waals surface area contributed by atoms with Crippen molar-refractivity contribution in [2.75, 3.05) is 17.1 Å². The van der Waals surface area contributed by atoms with Crippen LogP contribution in [0, 0.1) is 13.8 Å². The van der Waals surface area contributed by atoms with E-state index >= 15 is 0 Å². The first-order valence-corrected chi connectivity index (χ1v) is 12.1. The highest BCUT2D eigenvalue weighted by Gasteiger charge is 2.34. The smallest absolute Gasteiger partial charge is 0.263 e. The Morgan fingerprint density at radius 2 is 1.88 bits per heavy atom. The molecule has 32 heavy (non-hydrogen) atoms. The van der Waals surface area contributed by atoms with Gasteiger partial charge in [-0.2, -0.15) is 0 Å². The third kappa shape index (κ3) is 4.77. The van der Waals surface area contributed by atoms with E-state index in [0.717, 1.165) is 35.3 Å². The van der Waals surface area contributed by atoms with E-state index in [-0.39, 0.29) is 12.5 Å². The molecular formula is C23H26N4O4S. The number of hydrogen-bond donors (Lipinski definition) is 1. The first kappa shape index (κ1) is 21.9. The number of rotatable bonds is 6. The van der Waals surface area contributed by atoms with Crippen molar-refractivity contribution in [3.05, 3.63) is 77.4 Å². The quantitative estimate of drug-likeness (QED) is 0.617. The normalized spacial score (nSPS) is 15.7. The Bertz CT molecular complexity index is 1240. The summed E-state index contributed by atoms with van der Waals surface area (Å²) >= 11 is 0. The van der Waals surface area contributed by atoms with Crippen molar-refractivity contribution in [3.63, 3.8) is 0 Å². The number of amides is 1. The topological polar surface area (TPSA) is 93.5 Å². The Kier molecular flexibility index (Phi) is 5.92. The van der Waals surface area contributed by atoms with Crippen LogP contribution in [-0.4, -0.2) is 42.8 Å². The number of carbonyl (C=O) groups is 1. The minimum absolute atomic E-state index is 0.0652. The standard InChI is InChI=1S/C23H26N4O4S/c1-16-4-9-21-20(12-16)27(32(3,29)30)15-22(31-21)23(28)25-13-18-5-7-19(8-6-18)14-26-11-10-24-17(26)2/h4-12,22H,13-15H2,1-3H3,(H,25,28). The number of fused-ring (bicyclic) bond motifs is 1. The molecule has 0 radical (unpaired) electrons. The van der Waals surface area contributed by atoms with Gasteiger partial charge in [0.2, 0.25) is 10.0 Å². The molecule has 0 spiro atoms. The van der Waals surface area contributed by atoms with E-state index in [1.165, 1.54) is 4.31 Å². The van der Waals surface area contributed by atoms with E-state index in [0.29, 0.717) is 18.0 Å². The van der Waals surface area contributed by atoms with E-state index in [4.69, 9.17) is 4.74 Å². The average molecular weight is 455 g/mol. The largest absolute Gasteiger partial charge is 0.476 e. The summed E-state index contributed by atoms with van der Waals surface area (Å²) in [5, 5.41) is 2.86. The molecule has 2 heterocycles. The third-order valence-corrected chi connectivity index (χ3v) is 6.59. The molecule has 1 N–H and O–H groups in total. The van der Waals surface area contributed by atoms with E-state index in [9.17, 15) is 13.2 Å². The van der Waals surface area contributed by atoms with Crippen LogP contribution in [0.2, 0.25) is 0 Å². The molecule has 168 valence electrons. The van der Waals surface area contributed by atoms with Gasteiger partial charge in [0.25, 0.3) is 5.91 Å². The maximum atomic E-state index is 12.8. The summed E-state index contributed by atoms with van der Waals surface area (Å²) in [6.07, 6.45) is 3.92. The average Bonchev–Trinajstić information content (AvgIpc) is 3.15. The SMILES string of the molecule is Cc1ccc2c(c1)N(S(C)(=O)=O)CC(C(=O)NCc1ccc(Cn3ccnc3C)cc1)O2. The fourth-order valence-electron chi connectivity index (χ4n) is 3.64. The second kappa shape index (κ2) is 8.66. The van der Waals surface area contributed by atoms with Gasteiger partial charge in [0.1, 0.15) is 11.6 Å². The van der Waals surface area contributed by atoms with Gasteiger partial charge in [-0.1, -0.05) is 30.3 Å². The van der Waals surface area contributed by atoms with Crippen molar-refractivity contribution in [1.29, 1.82) is 0 Å². The lowest BCUT2D eigenvalue weighted by Gasteiger charge is -2.34. The zero-order valence-electron chi connectivity index (χ0n) is 18.3. The van der Waals surface area contributed by atoms with Crippen LogP contribution in [0.25, 0.3) is 0 Å². The van der Waals surface area contributed by atoms with Gasteiger partial charge in [0.15, 0.2) is 6.10 Å². The molecule has 8 nitrogen and oxygen atoms in total. The zero-order valence-corrected chi connectivity index (χ0v) is 19.1. The summed E-state index contributed by atoms with van der Waals surface area (Å²) in [5.74, 6) is 0.975. The Balaban J connectivity index is 1.41. The van der Waals surface area contributed by atoms with Gasteiger partial charge in [0.05, 0.1) is 18.5 Å². The van der Waals surface area contributed by atoms with E-state index < -0.39 is 16.1 Å². The molecule has 1 aliphatic rings. The second-order valence-corrected chi connectivity index (χ2v) is 9.92. The van der Waals surface area contributed by atoms with Crippen LogP contribution < -0.4 is 14.4 Å². The molecular weight excluding hydrogens is 428 g/mol. The fraction of sp³-hybridized carbons (Fsp3) is 0.304. The van der Waals surface area contributed by atoms with Crippen LogP contribution in [0.4, 0.5) is 5.69 Å². The molecule has 2 aromatic carbocycles. The van der Waals surface area contributed by atoms with Crippen molar-refractivity contribution >= 4 is 21.6 Å². The predicted molar refractivity (Wildman–Crippen MR) is 122 cm³/mol. The van der Waals surface area contributed by atoms with Gasteiger partial charge >= 0.3 is 0 Å². The van der Waals surface area contributed by atoms with Crippen molar-refractivity contribution in [1.82, 2.24) is 14.9 Å². The number of benzene rings is 2. The number of imidazole rings is 1. The molecule has 0 aliphatic carbocycles. The summed E-state index contributed by atoms with van der Waals surface area (Å²) in [6, 6.07) is 13.2. The molecule has 1 aromatic heterocycles. The summed E-state index contributed by atoms with van der Waals surface area (Å²) in [5.41, 5.74) is 3.44. The monoisotopic (exact) mass is 454 g/mol. The number of hydrogen-bond acceptors (Lipinski definition) is 5. The lowest BCUT2D eigenvalue weighted by molar-refractivity contribution is -0.127. The number of sulfonamides is 1. The molecule has 0 saturated carbocycles. The number of nitrogens with one attached hydrogen (secondary N) is 1. The second-order valence-electron chi connectivity index (χ2n) is 8.01. The van der Waals surface area contributed by atoms with Crippen LogP contribution in [0.5, 0.6) is 5.75 Å². The van der Waals surface area contributed by atoms with Gasteiger partial charge < -0.3 is 14.6 Å². The number of carbonyl (C=O) groups excluding carboxylic acids is 1. The lowest BCUT2D eigenvalue weighted by atomic mass is 10.1. The lowest BCUT2D eigenvalue weighted by Crippen LogP contribution is -2.50. The number of aryl methyl sites for hydroxylation is 2. The Morgan fingerprint density at radius 1 is 1.16 bits per heavy atom. The highest BCUT2D eigenvalue weighted by Crippen LogP contribution is 2.35. The van der Waals surface area contributed by atoms with Crippen LogP contribution in [-0.2, 0) is 27.9 Å². The molecule has 4 rings (SSSR count). The van der Waals surface area contributed by atoms with Crippen molar-refractivity contribution in [2.45, 2.75) is 33.0 Å². The van der Waals surface area contributed by atoms with Crippen molar-refractivity contribution < 1.29 is 17.9 Å². The van der Waals surface area contributed by atoms with Gasteiger partial charge in [-0.3, -0.25) is 9.10 Å². The molecule has 0 saturated heterocycles. The maximum absolute atomic E-state index is 12.8. The molecule has 1 aliphatic heterocycles. The molecule has 1 atom stereocenters. The summed E-state index contributed by atoms with van der Waals surface area (Å²) in [6.45, 7) is 4.82. The third-order valence-electron chi connectivity index (χ3n) is 5.44. The highest BCUT2D eigenvalue weighted by atomic mass is 32.2. The van der Waals surface area contributed by atoms with Gasteiger partial charge in [-0.05, 0) is 42.7 Å². The number of nitrogens with zero attached hydrogens (tertiary/aromatic N) is 3. The molecule has 9 heteroatoms. The van der Waals surface area contributed by atoms with E-state index in [1.54, 1.807) is 18.3 Å². The Hall–Kier alpha value is -3.33. The molecule has 3 aromatic rings. The first-order chi connectivity index (χ1) is 15.2. The van der Waals surface area contributed by atoms with Crippen LogP contribution in [0.15, 0.2) is 54.9 Å².